The van der Waals surface area contributed by atoms with Crippen molar-refractivity contribution in [2.24, 2.45) is 5.73 Å². The predicted octanol–water partition coefficient (Wildman–Crippen LogP) is -0.00998. The van der Waals surface area contributed by atoms with Gasteiger partial charge in [-0.05, 0) is 43.7 Å². The van der Waals surface area contributed by atoms with Gasteiger partial charge < -0.3 is 21.1 Å². The van der Waals surface area contributed by atoms with E-state index in [4.69, 9.17) is 5.73 Å². The van der Waals surface area contributed by atoms with Crippen LogP contribution in [0.3, 0.4) is 0 Å². The third-order valence-corrected chi connectivity index (χ3v) is 3.51. The summed E-state index contributed by atoms with van der Waals surface area (Å²) in [4.78, 5) is 25.2. The monoisotopic (exact) mass is 277 g/mol. The van der Waals surface area contributed by atoms with Gasteiger partial charge in [-0.15, -0.1) is 0 Å². The average molecular weight is 277 g/mol. The van der Waals surface area contributed by atoms with Gasteiger partial charge in [0, 0.05) is 18.2 Å². The Kier molecular flexibility index (Phi) is 4.24. The molecule has 1 aliphatic rings. The minimum atomic E-state index is -0.527. The number of carbonyl (C=O) groups excluding carboxylic acids is 2. The number of nitrogens with two attached hydrogens (primary N) is 1. The molecule has 108 valence electrons. The highest BCUT2D eigenvalue weighted by atomic mass is 16.3. The lowest BCUT2D eigenvalue weighted by molar-refractivity contribution is -0.119. The number of phenolic OH excluding ortho intramolecular Hbond substituents is 1. The van der Waals surface area contributed by atoms with Gasteiger partial charge in [0.15, 0.2) is 0 Å². The lowest BCUT2D eigenvalue weighted by atomic mass is 10.1. The Morgan fingerprint density at radius 1 is 1.50 bits per heavy atom. The first-order chi connectivity index (χ1) is 9.49. The van der Waals surface area contributed by atoms with Gasteiger partial charge >= 0.3 is 0 Å². The van der Waals surface area contributed by atoms with E-state index in [0.29, 0.717) is 17.7 Å². The number of rotatable bonds is 4. The summed E-state index contributed by atoms with van der Waals surface area (Å²) in [5, 5.41) is 12.7. The van der Waals surface area contributed by atoms with Gasteiger partial charge in [0.25, 0.3) is 5.91 Å². The Labute approximate surface area is 117 Å². The maximum absolute atomic E-state index is 12.5. The summed E-state index contributed by atoms with van der Waals surface area (Å²) in [6.07, 6.45) is 0.802. The second-order valence-electron chi connectivity index (χ2n) is 5.05. The zero-order valence-electron chi connectivity index (χ0n) is 11.4. The van der Waals surface area contributed by atoms with E-state index in [1.807, 2.05) is 0 Å². The predicted molar refractivity (Wildman–Crippen MR) is 74.3 cm³/mol. The van der Waals surface area contributed by atoms with Crippen molar-refractivity contribution in [3.63, 3.8) is 0 Å². The molecule has 4 N–H and O–H groups in total. The van der Waals surface area contributed by atoms with Crippen molar-refractivity contribution in [3.05, 3.63) is 29.3 Å². The van der Waals surface area contributed by atoms with E-state index in [1.54, 1.807) is 19.1 Å². The fourth-order valence-corrected chi connectivity index (χ4v) is 2.39. The van der Waals surface area contributed by atoms with E-state index in [1.165, 1.54) is 11.0 Å². The number of nitrogens with zero attached hydrogens (tertiary/aromatic N) is 1. The summed E-state index contributed by atoms with van der Waals surface area (Å²) in [6.45, 7) is 3.12. The second kappa shape index (κ2) is 5.92. The molecule has 1 aromatic rings. The van der Waals surface area contributed by atoms with Gasteiger partial charge in [0.2, 0.25) is 5.91 Å². The van der Waals surface area contributed by atoms with Crippen molar-refractivity contribution in [1.29, 1.82) is 0 Å². The molecule has 0 aromatic heterocycles. The van der Waals surface area contributed by atoms with E-state index in [2.05, 4.69) is 5.32 Å². The van der Waals surface area contributed by atoms with E-state index in [9.17, 15) is 14.7 Å². The molecule has 0 radical (unpaired) electrons. The number of benzene rings is 1. The molecule has 1 unspecified atom stereocenters. The van der Waals surface area contributed by atoms with Crippen molar-refractivity contribution in [2.45, 2.75) is 19.4 Å². The van der Waals surface area contributed by atoms with Gasteiger partial charge in [-0.1, -0.05) is 0 Å². The Morgan fingerprint density at radius 3 is 2.80 bits per heavy atom. The number of aromatic hydroxyl groups is 1. The van der Waals surface area contributed by atoms with Gasteiger partial charge in [-0.25, -0.2) is 0 Å². The molecule has 6 heteroatoms. The van der Waals surface area contributed by atoms with E-state index >= 15 is 0 Å². The summed E-state index contributed by atoms with van der Waals surface area (Å²) < 4.78 is 0. The summed E-state index contributed by atoms with van der Waals surface area (Å²) in [5.74, 6) is -0.619. The third-order valence-electron chi connectivity index (χ3n) is 3.51. The third kappa shape index (κ3) is 3.08. The van der Waals surface area contributed by atoms with Crippen LogP contribution in [-0.4, -0.2) is 47.5 Å². The molecule has 2 amide bonds. The van der Waals surface area contributed by atoms with Crippen molar-refractivity contribution >= 4 is 11.8 Å². The lowest BCUT2D eigenvalue weighted by Gasteiger charge is -2.27. The van der Waals surface area contributed by atoms with Crippen LogP contribution in [0.15, 0.2) is 18.2 Å². The Balaban J connectivity index is 2.24. The fourth-order valence-electron chi connectivity index (χ4n) is 2.39. The largest absolute Gasteiger partial charge is 0.508 e. The molecule has 20 heavy (non-hydrogen) atoms. The quantitative estimate of drug-likeness (QED) is 0.721. The molecule has 0 saturated carbocycles. The average Bonchev–Trinajstić information content (AvgIpc) is 2.92. The molecule has 1 atom stereocenters. The Bertz CT molecular complexity index is 524. The highest BCUT2D eigenvalue weighted by Crippen LogP contribution is 2.20. The van der Waals surface area contributed by atoms with E-state index < -0.39 is 5.91 Å². The van der Waals surface area contributed by atoms with Crippen LogP contribution in [0.4, 0.5) is 0 Å². The highest BCUT2D eigenvalue weighted by Gasteiger charge is 2.28. The number of carbonyl (C=O) groups is 2. The molecule has 0 aliphatic carbocycles. The summed E-state index contributed by atoms with van der Waals surface area (Å²) in [6, 6.07) is 4.64. The molecule has 1 aliphatic heterocycles. The van der Waals surface area contributed by atoms with E-state index in [-0.39, 0.29) is 24.2 Å². The molecule has 1 heterocycles. The van der Waals surface area contributed by atoms with Crippen LogP contribution in [0.2, 0.25) is 0 Å². The normalized spacial score (nSPS) is 17.9. The fraction of sp³-hybridized carbons (Fsp3) is 0.429. The van der Waals surface area contributed by atoms with Gasteiger partial charge in [-0.3, -0.25) is 9.59 Å². The molecular weight excluding hydrogens is 258 g/mol. The van der Waals surface area contributed by atoms with Gasteiger partial charge in [0.05, 0.1) is 6.54 Å². The molecule has 1 aromatic carbocycles. The smallest absolute Gasteiger partial charge is 0.254 e. The summed E-state index contributed by atoms with van der Waals surface area (Å²) >= 11 is 0. The first-order valence-electron chi connectivity index (χ1n) is 6.58. The van der Waals surface area contributed by atoms with Crippen LogP contribution in [0.5, 0.6) is 5.75 Å². The van der Waals surface area contributed by atoms with Crippen molar-refractivity contribution < 1.29 is 14.7 Å². The number of primary amides is 1. The number of hydrogen-bond acceptors (Lipinski definition) is 4. The molecule has 1 fully saturated rings. The van der Waals surface area contributed by atoms with Crippen molar-refractivity contribution in [1.82, 2.24) is 10.2 Å². The lowest BCUT2D eigenvalue weighted by Crippen LogP contribution is -2.46. The van der Waals surface area contributed by atoms with Gasteiger partial charge in [0.1, 0.15) is 5.75 Å². The minimum Gasteiger partial charge on any atom is -0.508 e. The van der Waals surface area contributed by atoms with Crippen LogP contribution >= 0.6 is 0 Å². The number of nitrogens with one attached hydrogen (secondary N) is 1. The van der Waals surface area contributed by atoms with E-state index in [0.717, 1.165) is 13.0 Å². The van der Waals surface area contributed by atoms with Crippen LogP contribution in [0.1, 0.15) is 22.3 Å². The molecular formula is C14H19N3O3. The van der Waals surface area contributed by atoms with Gasteiger partial charge in [-0.2, -0.15) is 0 Å². The molecule has 1 saturated heterocycles. The molecule has 0 bridgehead atoms. The van der Waals surface area contributed by atoms with Crippen LogP contribution in [0.25, 0.3) is 0 Å². The zero-order valence-corrected chi connectivity index (χ0v) is 11.4. The molecule has 2 rings (SSSR count). The summed E-state index contributed by atoms with van der Waals surface area (Å²) in [5.41, 5.74) is 6.31. The highest BCUT2D eigenvalue weighted by molar-refractivity contribution is 5.97. The summed E-state index contributed by atoms with van der Waals surface area (Å²) in [7, 11) is 0. The Morgan fingerprint density at radius 2 is 2.25 bits per heavy atom. The standard InChI is InChI=1S/C14H19N3O3/c1-9-6-10(2-3-12(9)18)14(20)17(8-13(15)19)11-4-5-16-7-11/h2-3,6,11,16,18H,4-5,7-8H2,1H3,(H2,15,19). The van der Waals surface area contributed by atoms with Crippen molar-refractivity contribution in [2.75, 3.05) is 19.6 Å². The maximum atomic E-state index is 12.5. The SMILES string of the molecule is Cc1cc(C(=O)N(CC(N)=O)C2CCNC2)ccc1O. The maximum Gasteiger partial charge on any atom is 0.254 e. The minimum absolute atomic E-state index is 0.0240. The molecule has 0 spiro atoms. The number of phenols is 1. The van der Waals surface area contributed by atoms with Crippen LogP contribution < -0.4 is 11.1 Å². The zero-order chi connectivity index (χ0) is 14.7. The topological polar surface area (TPSA) is 95.7 Å². The number of hydrogen-bond donors (Lipinski definition) is 3. The first-order valence-corrected chi connectivity index (χ1v) is 6.58. The molecule has 6 nitrogen and oxygen atoms in total. The van der Waals surface area contributed by atoms with Crippen molar-refractivity contribution in [3.8, 4) is 5.75 Å². The number of amides is 2. The second-order valence-corrected chi connectivity index (χ2v) is 5.05. The first kappa shape index (κ1) is 14.3. The van der Waals surface area contributed by atoms with Crippen LogP contribution in [-0.2, 0) is 4.79 Å². The van der Waals surface area contributed by atoms with Crippen LogP contribution in [0, 0.1) is 6.92 Å². The number of aryl methyl sites for hydroxylation is 1. The Hall–Kier alpha value is -2.08.